The van der Waals surface area contributed by atoms with Crippen LogP contribution in [-0.2, 0) is 11.3 Å². The Kier molecular flexibility index (Phi) is 4.07. The molecule has 0 spiro atoms. The highest BCUT2D eigenvalue weighted by molar-refractivity contribution is 5.82. The number of likely N-dealkylation sites (tertiary alicyclic amines) is 1. The number of carbonyl (C=O) groups is 1. The Morgan fingerprint density at radius 1 is 1.33 bits per heavy atom. The van der Waals surface area contributed by atoms with Crippen molar-refractivity contribution in [2.75, 3.05) is 13.1 Å². The molecule has 4 heteroatoms. The van der Waals surface area contributed by atoms with Crippen molar-refractivity contribution >= 4 is 5.78 Å². The molecule has 1 saturated heterocycles. The lowest BCUT2D eigenvalue weighted by atomic mass is 9.94. The molecule has 2 rings (SSSR count). The Bertz CT molecular complexity index is 447. The van der Waals surface area contributed by atoms with Crippen molar-refractivity contribution in [1.82, 2.24) is 4.90 Å². The summed E-state index contributed by atoms with van der Waals surface area (Å²) < 4.78 is 25.9. The summed E-state index contributed by atoms with van der Waals surface area (Å²) in [4.78, 5) is 13.7. The molecule has 0 N–H and O–H groups in total. The monoisotopic (exact) mass is 253 g/mol. The van der Waals surface area contributed by atoms with E-state index >= 15 is 0 Å². The number of piperidine rings is 1. The van der Waals surface area contributed by atoms with Crippen LogP contribution in [0.4, 0.5) is 8.78 Å². The van der Waals surface area contributed by atoms with E-state index in [4.69, 9.17) is 0 Å². The van der Waals surface area contributed by atoms with Crippen LogP contribution in [0.3, 0.4) is 0 Å². The van der Waals surface area contributed by atoms with Crippen molar-refractivity contribution in [2.45, 2.75) is 26.3 Å². The molecule has 1 atom stereocenters. The average Bonchev–Trinajstić information content (AvgIpc) is 2.36. The first-order chi connectivity index (χ1) is 8.60. The normalized spacial score (nSPS) is 21.3. The molecule has 1 aromatic carbocycles. The van der Waals surface area contributed by atoms with Gasteiger partial charge >= 0.3 is 0 Å². The number of hydrogen-bond donors (Lipinski definition) is 0. The lowest BCUT2D eigenvalue weighted by molar-refractivity contribution is -0.126. The van der Waals surface area contributed by atoms with Gasteiger partial charge in [0.15, 0.2) is 11.6 Å². The van der Waals surface area contributed by atoms with E-state index < -0.39 is 11.6 Å². The Morgan fingerprint density at radius 2 is 2.11 bits per heavy atom. The molecule has 98 valence electrons. The lowest BCUT2D eigenvalue weighted by Crippen LogP contribution is -2.40. The Labute approximate surface area is 106 Å². The average molecular weight is 253 g/mol. The van der Waals surface area contributed by atoms with Gasteiger partial charge in [0.2, 0.25) is 0 Å². The first-order valence-corrected chi connectivity index (χ1v) is 6.29. The topological polar surface area (TPSA) is 20.3 Å². The highest BCUT2D eigenvalue weighted by atomic mass is 19.2. The van der Waals surface area contributed by atoms with E-state index in [1.807, 2.05) is 6.92 Å². The van der Waals surface area contributed by atoms with Crippen LogP contribution in [0.2, 0.25) is 0 Å². The third-order valence-corrected chi connectivity index (χ3v) is 3.49. The molecule has 1 unspecified atom stereocenters. The van der Waals surface area contributed by atoms with Crippen molar-refractivity contribution < 1.29 is 13.6 Å². The van der Waals surface area contributed by atoms with E-state index in [0.717, 1.165) is 18.1 Å². The zero-order valence-corrected chi connectivity index (χ0v) is 10.5. The number of nitrogens with zero attached hydrogens (tertiary/aromatic N) is 1. The van der Waals surface area contributed by atoms with Crippen LogP contribution in [0.15, 0.2) is 18.2 Å². The van der Waals surface area contributed by atoms with Crippen molar-refractivity contribution in [1.29, 1.82) is 0 Å². The van der Waals surface area contributed by atoms with E-state index in [-0.39, 0.29) is 5.92 Å². The first-order valence-electron chi connectivity index (χ1n) is 6.29. The molecule has 0 aliphatic carbocycles. The molecule has 1 aliphatic heterocycles. The zero-order valence-electron chi connectivity index (χ0n) is 10.5. The fourth-order valence-corrected chi connectivity index (χ4v) is 2.37. The van der Waals surface area contributed by atoms with Gasteiger partial charge in [0.25, 0.3) is 0 Å². The van der Waals surface area contributed by atoms with Crippen LogP contribution in [0.25, 0.3) is 0 Å². The number of halogens is 2. The van der Waals surface area contributed by atoms with Gasteiger partial charge in [-0.1, -0.05) is 13.0 Å². The molecule has 18 heavy (non-hydrogen) atoms. The van der Waals surface area contributed by atoms with Crippen LogP contribution in [-0.4, -0.2) is 23.8 Å². The number of carbonyl (C=O) groups excluding carboxylic acids is 1. The SMILES string of the molecule is CCC1CN(Cc2ccc(F)c(F)c2)CCC1=O. The van der Waals surface area contributed by atoms with Gasteiger partial charge in [-0.05, 0) is 24.1 Å². The molecule has 0 bridgehead atoms. The molecule has 0 radical (unpaired) electrons. The summed E-state index contributed by atoms with van der Waals surface area (Å²) in [5, 5.41) is 0. The minimum absolute atomic E-state index is 0.0871. The van der Waals surface area contributed by atoms with Crippen molar-refractivity contribution in [3.8, 4) is 0 Å². The largest absolute Gasteiger partial charge is 0.299 e. The fourth-order valence-electron chi connectivity index (χ4n) is 2.37. The maximum atomic E-state index is 13.1. The summed E-state index contributed by atoms with van der Waals surface area (Å²) in [6, 6.07) is 3.97. The number of Topliss-reactive ketones (excluding diaryl/α,β-unsaturated/α-hetero) is 1. The number of benzene rings is 1. The quantitative estimate of drug-likeness (QED) is 0.825. The molecular weight excluding hydrogens is 236 g/mol. The fraction of sp³-hybridized carbons (Fsp3) is 0.500. The minimum atomic E-state index is -0.820. The van der Waals surface area contributed by atoms with Crippen LogP contribution < -0.4 is 0 Å². The summed E-state index contributed by atoms with van der Waals surface area (Å²) >= 11 is 0. The summed E-state index contributed by atoms with van der Waals surface area (Å²) in [6.07, 6.45) is 1.40. The Morgan fingerprint density at radius 3 is 2.78 bits per heavy atom. The van der Waals surface area contributed by atoms with Crippen molar-refractivity contribution in [3.63, 3.8) is 0 Å². The number of rotatable bonds is 3. The standard InChI is InChI=1S/C14H17F2NO/c1-2-11-9-17(6-5-14(11)18)8-10-3-4-12(15)13(16)7-10/h3-4,7,11H,2,5-6,8-9H2,1H3. The van der Waals surface area contributed by atoms with E-state index in [0.29, 0.717) is 31.8 Å². The molecule has 0 aromatic heterocycles. The molecule has 1 aliphatic rings. The van der Waals surface area contributed by atoms with Gasteiger partial charge < -0.3 is 0 Å². The van der Waals surface area contributed by atoms with E-state index in [2.05, 4.69) is 4.90 Å². The van der Waals surface area contributed by atoms with E-state index in [1.165, 1.54) is 6.07 Å². The molecule has 2 nitrogen and oxygen atoms in total. The summed E-state index contributed by atoms with van der Waals surface area (Å²) in [5.74, 6) is -1.23. The molecule has 0 saturated carbocycles. The highest BCUT2D eigenvalue weighted by Crippen LogP contribution is 2.19. The minimum Gasteiger partial charge on any atom is -0.299 e. The summed E-state index contributed by atoms with van der Waals surface area (Å²) in [6.45, 7) is 3.99. The van der Waals surface area contributed by atoms with Gasteiger partial charge in [-0.3, -0.25) is 9.69 Å². The van der Waals surface area contributed by atoms with Gasteiger partial charge in [-0.2, -0.15) is 0 Å². The van der Waals surface area contributed by atoms with Crippen LogP contribution in [0.5, 0.6) is 0 Å². The Balaban J connectivity index is 2.01. The van der Waals surface area contributed by atoms with Gasteiger partial charge in [0.05, 0.1) is 0 Å². The van der Waals surface area contributed by atoms with E-state index in [1.54, 1.807) is 6.07 Å². The van der Waals surface area contributed by atoms with Crippen LogP contribution in [0, 0.1) is 17.6 Å². The molecule has 1 fully saturated rings. The number of hydrogen-bond acceptors (Lipinski definition) is 2. The van der Waals surface area contributed by atoms with Crippen LogP contribution in [0.1, 0.15) is 25.3 Å². The predicted molar refractivity (Wildman–Crippen MR) is 65.0 cm³/mol. The van der Waals surface area contributed by atoms with Gasteiger partial charge in [0.1, 0.15) is 5.78 Å². The van der Waals surface area contributed by atoms with Gasteiger partial charge in [-0.25, -0.2) is 8.78 Å². The van der Waals surface area contributed by atoms with Crippen molar-refractivity contribution in [3.05, 3.63) is 35.4 Å². The molecule has 0 amide bonds. The van der Waals surface area contributed by atoms with E-state index in [9.17, 15) is 13.6 Å². The second kappa shape index (κ2) is 5.57. The maximum Gasteiger partial charge on any atom is 0.159 e. The summed E-state index contributed by atoms with van der Waals surface area (Å²) in [5.41, 5.74) is 0.748. The third kappa shape index (κ3) is 2.93. The predicted octanol–water partition coefficient (Wildman–Crippen LogP) is 2.77. The lowest BCUT2D eigenvalue weighted by Gasteiger charge is -2.31. The highest BCUT2D eigenvalue weighted by Gasteiger charge is 2.25. The van der Waals surface area contributed by atoms with Crippen molar-refractivity contribution in [2.24, 2.45) is 5.92 Å². The second-order valence-corrected chi connectivity index (χ2v) is 4.81. The smallest absolute Gasteiger partial charge is 0.159 e. The van der Waals surface area contributed by atoms with Gasteiger partial charge in [-0.15, -0.1) is 0 Å². The third-order valence-electron chi connectivity index (χ3n) is 3.49. The maximum absolute atomic E-state index is 13.1. The summed E-state index contributed by atoms with van der Waals surface area (Å²) in [7, 11) is 0. The van der Waals surface area contributed by atoms with Crippen LogP contribution >= 0.6 is 0 Å². The molecule has 1 heterocycles. The van der Waals surface area contributed by atoms with Gasteiger partial charge in [0, 0.05) is 32.0 Å². The first kappa shape index (κ1) is 13.1. The molecular formula is C14H17F2NO. The zero-order chi connectivity index (χ0) is 13.1. The second-order valence-electron chi connectivity index (χ2n) is 4.81. The molecule has 1 aromatic rings. The number of ketones is 1. The Hall–Kier alpha value is -1.29.